The van der Waals surface area contributed by atoms with Gasteiger partial charge in [-0.05, 0) is 55.3 Å². The molecule has 0 aliphatic carbocycles. The fraction of sp³-hybridized carbons (Fsp3) is 0.310. The number of amides is 3. The smallest absolute Gasteiger partial charge is 0.368 e. The van der Waals surface area contributed by atoms with Crippen LogP contribution in [-0.4, -0.2) is 68.3 Å². The van der Waals surface area contributed by atoms with E-state index in [2.05, 4.69) is 11.0 Å². The van der Waals surface area contributed by atoms with Gasteiger partial charge in [-0.2, -0.15) is 13.2 Å². The number of piperazine rings is 1. The number of alkyl halides is 3. The highest BCUT2D eigenvalue weighted by Gasteiger charge is 2.50. The standard InChI is InChI=1S/C29H29F3N4O4S/c1-20-12-13-21(2)24(18-20)33-14-16-34(17-15-33)27(37)25-19-35(28(38)36(25)22-8-4-3-5-9-22)41(39,40)26-11-7-6-10-23(26)29(30,31)32/h3-13,18,25H,14-17,19H2,1-2H3. The number of rotatable bonds is 5. The van der Waals surface area contributed by atoms with E-state index in [4.69, 9.17) is 0 Å². The zero-order valence-corrected chi connectivity index (χ0v) is 23.3. The van der Waals surface area contributed by atoms with Crippen LogP contribution in [-0.2, 0) is 21.0 Å². The molecule has 0 N–H and O–H groups in total. The molecule has 0 spiro atoms. The van der Waals surface area contributed by atoms with E-state index in [9.17, 15) is 31.2 Å². The zero-order chi connectivity index (χ0) is 29.5. The van der Waals surface area contributed by atoms with Crippen molar-refractivity contribution in [3.8, 4) is 0 Å². The first kappa shape index (κ1) is 28.5. The van der Waals surface area contributed by atoms with Crippen molar-refractivity contribution >= 4 is 33.3 Å². The molecule has 12 heteroatoms. The molecule has 1 unspecified atom stereocenters. The molecular formula is C29H29F3N4O4S. The summed E-state index contributed by atoms with van der Waals surface area (Å²) in [4.78, 5) is 31.2. The van der Waals surface area contributed by atoms with E-state index in [1.54, 1.807) is 35.2 Å². The number of urea groups is 1. The van der Waals surface area contributed by atoms with Crippen LogP contribution >= 0.6 is 0 Å². The van der Waals surface area contributed by atoms with E-state index in [1.807, 2.05) is 26.0 Å². The van der Waals surface area contributed by atoms with Crippen LogP contribution in [0.25, 0.3) is 0 Å². The van der Waals surface area contributed by atoms with Crippen LogP contribution in [0.2, 0.25) is 0 Å². The lowest BCUT2D eigenvalue weighted by atomic mass is 10.1. The first-order chi connectivity index (χ1) is 19.4. The molecule has 3 amide bonds. The molecular weight excluding hydrogens is 557 g/mol. The van der Waals surface area contributed by atoms with Crippen LogP contribution in [0.4, 0.5) is 29.3 Å². The Labute approximate surface area is 236 Å². The van der Waals surface area contributed by atoms with Crippen molar-refractivity contribution in [3.63, 3.8) is 0 Å². The predicted octanol–water partition coefficient (Wildman–Crippen LogP) is 4.67. The second-order valence-electron chi connectivity index (χ2n) is 10.1. The second-order valence-corrected chi connectivity index (χ2v) is 12.0. The van der Waals surface area contributed by atoms with E-state index >= 15 is 0 Å². The van der Waals surface area contributed by atoms with Crippen LogP contribution in [0, 0.1) is 13.8 Å². The maximum atomic E-state index is 13.8. The highest BCUT2D eigenvalue weighted by molar-refractivity contribution is 7.89. The summed E-state index contributed by atoms with van der Waals surface area (Å²) in [7, 11) is -4.95. The lowest BCUT2D eigenvalue weighted by Crippen LogP contribution is -2.55. The van der Waals surface area contributed by atoms with Gasteiger partial charge in [-0.25, -0.2) is 17.5 Å². The third kappa shape index (κ3) is 5.35. The molecule has 0 bridgehead atoms. The Hall–Kier alpha value is -4.06. The van der Waals surface area contributed by atoms with Gasteiger partial charge in [0.15, 0.2) is 0 Å². The van der Waals surface area contributed by atoms with Crippen LogP contribution in [0.1, 0.15) is 16.7 Å². The third-order valence-electron chi connectivity index (χ3n) is 7.45. The van der Waals surface area contributed by atoms with Gasteiger partial charge in [0.25, 0.3) is 10.0 Å². The number of anilines is 2. The van der Waals surface area contributed by atoms with Gasteiger partial charge < -0.3 is 9.80 Å². The second kappa shape index (κ2) is 10.7. The summed E-state index contributed by atoms with van der Waals surface area (Å²) in [6.07, 6.45) is -4.96. The Kier molecular flexibility index (Phi) is 7.45. The molecule has 5 rings (SSSR count). The van der Waals surface area contributed by atoms with Gasteiger partial charge in [0.05, 0.1) is 17.0 Å². The number of benzene rings is 3. The van der Waals surface area contributed by atoms with Gasteiger partial charge >= 0.3 is 12.2 Å². The molecule has 0 radical (unpaired) electrons. The summed E-state index contributed by atoms with van der Waals surface area (Å²) in [6, 6.07) is 15.6. The summed E-state index contributed by atoms with van der Waals surface area (Å²) in [5.74, 6) is -0.468. The quantitative estimate of drug-likeness (QED) is 0.434. The minimum absolute atomic E-state index is 0.270. The van der Waals surface area contributed by atoms with Crippen molar-refractivity contribution in [3.05, 3.63) is 89.5 Å². The Balaban J connectivity index is 1.44. The molecule has 0 saturated carbocycles. The highest BCUT2D eigenvalue weighted by Crippen LogP contribution is 2.37. The molecule has 3 aromatic carbocycles. The minimum atomic E-state index is -4.96. The molecule has 2 aliphatic heterocycles. The summed E-state index contributed by atoms with van der Waals surface area (Å²) < 4.78 is 68.6. The number of halogens is 3. The summed E-state index contributed by atoms with van der Waals surface area (Å²) in [5, 5.41) is 0. The average Bonchev–Trinajstić information content (AvgIpc) is 3.31. The molecule has 2 fully saturated rings. The van der Waals surface area contributed by atoms with Crippen LogP contribution < -0.4 is 9.80 Å². The van der Waals surface area contributed by atoms with Gasteiger partial charge in [-0.1, -0.05) is 42.5 Å². The number of hydrogen-bond donors (Lipinski definition) is 0. The molecule has 2 saturated heterocycles. The topological polar surface area (TPSA) is 81.2 Å². The largest absolute Gasteiger partial charge is 0.417 e. The summed E-state index contributed by atoms with van der Waals surface area (Å²) in [5.41, 5.74) is 2.18. The maximum Gasteiger partial charge on any atom is 0.417 e. The number of sulfonamides is 1. The predicted molar refractivity (Wildman–Crippen MR) is 148 cm³/mol. The maximum absolute atomic E-state index is 13.8. The average molecular weight is 587 g/mol. The fourth-order valence-corrected chi connectivity index (χ4v) is 6.90. The molecule has 2 heterocycles. The van der Waals surface area contributed by atoms with Gasteiger partial charge in [0.2, 0.25) is 5.91 Å². The zero-order valence-electron chi connectivity index (χ0n) is 22.5. The van der Waals surface area contributed by atoms with Crippen LogP contribution in [0.5, 0.6) is 0 Å². The lowest BCUT2D eigenvalue weighted by molar-refractivity contribution is -0.140. The number of hydrogen-bond acceptors (Lipinski definition) is 5. The molecule has 2 aliphatic rings. The van der Waals surface area contributed by atoms with Crippen molar-refractivity contribution < 1.29 is 31.2 Å². The van der Waals surface area contributed by atoms with E-state index in [0.717, 1.165) is 39.9 Å². The minimum Gasteiger partial charge on any atom is -0.368 e. The van der Waals surface area contributed by atoms with E-state index in [-0.39, 0.29) is 5.69 Å². The van der Waals surface area contributed by atoms with Crippen LogP contribution in [0.15, 0.2) is 77.7 Å². The number of nitrogens with zero attached hydrogens (tertiary/aromatic N) is 4. The fourth-order valence-electron chi connectivity index (χ4n) is 5.32. The van der Waals surface area contributed by atoms with Gasteiger partial charge in [0.1, 0.15) is 6.04 Å². The number of para-hydroxylation sites is 1. The summed E-state index contributed by atoms with van der Waals surface area (Å²) >= 11 is 0. The van der Waals surface area contributed by atoms with Crippen molar-refractivity contribution in [2.75, 3.05) is 42.5 Å². The van der Waals surface area contributed by atoms with E-state index in [0.29, 0.717) is 36.6 Å². The molecule has 0 aromatic heterocycles. The van der Waals surface area contributed by atoms with Gasteiger partial charge in [0, 0.05) is 37.6 Å². The van der Waals surface area contributed by atoms with Crippen LogP contribution in [0.3, 0.4) is 0 Å². The normalized spacial score (nSPS) is 18.3. The number of carbonyl (C=O) groups excluding carboxylic acids is 2. The summed E-state index contributed by atoms with van der Waals surface area (Å²) in [6.45, 7) is 5.14. The van der Waals surface area contributed by atoms with Crippen molar-refractivity contribution in [1.29, 1.82) is 0 Å². The Bertz CT molecular complexity index is 1570. The molecule has 1 atom stereocenters. The van der Waals surface area contributed by atoms with Gasteiger partial charge in [-0.15, -0.1) is 0 Å². The van der Waals surface area contributed by atoms with E-state index in [1.165, 1.54) is 0 Å². The Morgan fingerprint density at radius 2 is 1.51 bits per heavy atom. The molecule has 8 nitrogen and oxygen atoms in total. The Morgan fingerprint density at radius 3 is 2.17 bits per heavy atom. The van der Waals surface area contributed by atoms with Crippen molar-refractivity contribution in [2.24, 2.45) is 0 Å². The molecule has 3 aromatic rings. The van der Waals surface area contributed by atoms with Gasteiger partial charge in [-0.3, -0.25) is 9.69 Å². The third-order valence-corrected chi connectivity index (χ3v) is 9.24. The Morgan fingerprint density at radius 1 is 0.878 bits per heavy atom. The lowest BCUT2D eigenvalue weighted by Gasteiger charge is -2.38. The van der Waals surface area contributed by atoms with E-state index < -0.39 is 51.2 Å². The van der Waals surface area contributed by atoms with Crippen molar-refractivity contribution in [2.45, 2.75) is 31.0 Å². The SMILES string of the molecule is Cc1ccc(C)c(N2CCN(C(=O)C3CN(S(=O)(=O)c4ccccc4C(F)(F)F)C(=O)N3c3ccccc3)CC2)c1. The monoisotopic (exact) mass is 586 g/mol. The van der Waals surface area contributed by atoms with Crippen molar-refractivity contribution in [1.82, 2.24) is 9.21 Å². The number of aryl methyl sites for hydroxylation is 2. The molecule has 216 valence electrons. The number of carbonyl (C=O) groups is 2. The molecule has 41 heavy (non-hydrogen) atoms. The first-order valence-corrected chi connectivity index (χ1v) is 14.5. The first-order valence-electron chi connectivity index (χ1n) is 13.1. The highest BCUT2D eigenvalue weighted by atomic mass is 32.2.